The number of benzene rings is 1. The van der Waals surface area contributed by atoms with Gasteiger partial charge < -0.3 is 5.32 Å². The Labute approximate surface area is 105 Å². The number of rotatable bonds is 6. The molecule has 0 radical (unpaired) electrons. The number of non-ortho nitro benzene ring substituents is 1. The lowest BCUT2D eigenvalue weighted by molar-refractivity contribution is -0.384. The molecule has 1 aromatic carbocycles. The van der Waals surface area contributed by atoms with E-state index >= 15 is 0 Å². The van der Waals surface area contributed by atoms with E-state index in [1.807, 2.05) is 0 Å². The largest absolute Gasteiger partial charge is 0.352 e. The van der Waals surface area contributed by atoms with E-state index in [1.165, 1.54) is 18.2 Å². The van der Waals surface area contributed by atoms with Gasteiger partial charge >= 0.3 is 0 Å². The number of nitrogens with zero attached hydrogens (tertiary/aromatic N) is 1. The van der Waals surface area contributed by atoms with Crippen molar-refractivity contribution in [3.63, 3.8) is 0 Å². The van der Waals surface area contributed by atoms with Gasteiger partial charge in [-0.25, -0.2) is 0 Å². The second-order valence-electron chi connectivity index (χ2n) is 3.72. The normalized spacial score (nSPS) is 9.50. The van der Waals surface area contributed by atoms with Crippen LogP contribution in [-0.2, 0) is 0 Å². The fourth-order valence-corrected chi connectivity index (χ4v) is 1.42. The summed E-state index contributed by atoms with van der Waals surface area (Å²) < 4.78 is 0. The van der Waals surface area contributed by atoms with Crippen molar-refractivity contribution in [2.24, 2.45) is 0 Å². The van der Waals surface area contributed by atoms with E-state index in [1.54, 1.807) is 6.07 Å². The predicted octanol–water partition coefficient (Wildman–Crippen LogP) is 2.13. The molecule has 18 heavy (non-hydrogen) atoms. The average Bonchev–Trinajstić information content (AvgIpc) is 2.38. The number of terminal acetylenes is 1. The van der Waals surface area contributed by atoms with Gasteiger partial charge in [0, 0.05) is 30.7 Å². The Morgan fingerprint density at radius 1 is 1.44 bits per heavy atom. The number of hydrogen-bond donors (Lipinski definition) is 1. The summed E-state index contributed by atoms with van der Waals surface area (Å²) in [5.74, 6) is 2.21. The highest BCUT2D eigenvalue weighted by molar-refractivity contribution is 5.94. The first-order valence-electron chi connectivity index (χ1n) is 5.61. The van der Waals surface area contributed by atoms with Crippen LogP contribution in [0.4, 0.5) is 5.69 Å². The summed E-state index contributed by atoms with van der Waals surface area (Å²) >= 11 is 0. The van der Waals surface area contributed by atoms with Crippen LogP contribution in [0.3, 0.4) is 0 Å². The summed E-state index contributed by atoms with van der Waals surface area (Å²) in [5.41, 5.74) is 0.205. The minimum absolute atomic E-state index is 0.0880. The minimum atomic E-state index is -0.524. The van der Waals surface area contributed by atoms with Gasteiger partial charge in [-0.15, -0.1) is 12.3 Å². The maximum Gasteiger partial charge on any atom is 0.270 e. The monoisotopic (exact) mass is 246 g/mol. The molecule has 1 amide bonds. The lowest BCUT2D eigenvalue weighted by Gasteiger charge is -2.04. The van der Waals surface area contributed by atoms with Crippen LogP contribution < -0.4 is 5.32 Å². The molecule has 0 bridgehead atoms. The van der Waals surface area contributed by atoms with E-state index in [-0.39, 0.29) is 11.6 Å². The molecule has 0 heterocycles. The zero-order valence-electron chi connectivity index (χ0n) is 9.89. The molecule has 1 aromatic rings. The van der Waals surface area contributed by atoms with Gasteiger partial charge in [-0.2, -0.15) is 0 Å². The van der Waals surface area contributed by atoms with Crippen LogP contribution in [0.1, 0.15) is 29.6 Å². The van der Waals surface area contributed by atoms with Crippen LogP contribution in [-0.4, -0.2) is 17.4 Å². The molecule has 0 saturated carbocycles. The zero-order chi connectivity index (χ0) is 13.4. The van der Waals surface area contributed by atoms with E-state index in [0.717, 1.165) is 12.8 Å². The van der Waals surface area contributed by atoms with Crippen molar-refractivity contribution < 1.29 is 9.72 Å². The Morgan fingerprint density at radius 2 is 2.22 bits per heavy atom. The number of hydrogen-bond acceptors (Lipinski definition) is 3. The molecule has 0 spiro atoms. The second kappa shape index (κ2) is 7.07. The molecule has 5 heteroatoms. The molecule has 0 aromatic heterocycles. The van der Waals surface area contributed by atoms with Crippen molar-refractivity contribution in [2.75, 3.05) is 6.54 Å². The highest BCUT2D eigenvalue weighted by Crippen LogP contribution is 2.12. The van der Waals surface area contributed by atoms with Gasteiger partial charge in [-0.3, -0.25) is 14.9 Å². The molecule has 1 rings (SSSR count). The maximum absolute atomic E-state index is 11.7. The van der Waals surface area contributed by atoms with Crippen LogP contribution in [0.15, 0.2) is 24.3 Å². The molecule has 0 fully saturated rings. The van der Waals surface area contributed by atoms with Gasteiger partial charge in [0.1, 0.15) is 0 Å². The Balaban J connectivity index is 2.49. The number of carbonyl (C=O) groups is 1. The summed E-state index contributed by atoms with van der Waals surface area (Å²) in [4.78, 5) is 21.7. The molecule has 0 aliphatic carbocycles. The van der Waals surface area contributed by atoms with Gasteiger partial charge in [0.25, 0.3) is 11.6 Å². The molecule has 0 atom stereocenters. The third-order valence-electron chi connectivity index (χ3n) is 2.35. The number of nitro groups is 1. The Hall–Kier alpha value is -2.35. The molecule has 0 unspecified atom stereocenters. The van der Waals surface area contributed by atoms with Crippen molar-refractivity contribution in [3.8, 4) is 12.3 Å². The second-order valence-corrected chi connectivity index (χ2v) is 3.72. The highest BCUT2D eigenvalue weighted by Gasteiger charge is 2.10. The standard InChI is InChI=1S/C13H14N2O3/c1-2-3-4-5-9-14-13(16)11-7-6-8-12(10-11)15(17)18/h1,6-8,10H,3-5,9H2,(H,14,16). The zero-order valence-corrected chi connectivity index (χ0v) is 9.89. The first-order valence-corrected chi connectivity index (χ1v) is 5.61. The highest BCUT2D eigenvalue weighted by atomic mass is 16.6. The van der Waals surface area contributed by atoms with Crippen LogP contribution in [0.5, 0.6) is 0 Å². The van der Waals surface area contributed by atoms with Gasteiger partial charge in [-0.05, 0) is 18.9 Å². The van der Waals surface area contributed by atoms with Gasteiger partial charge in [0.15, 0.2) is 0 Å². The Bertz CT molecular complexity index is 477. The molecule has 0 saturated heterocycles. The molecule has 0 aliphatic heterocycles. The summed E-state index contributed by atoms with van der Waals surface area (Å²) in [6, 6.07) is 5.65. The summed E-state index contributed by atoms with van der Waals surface area (Å²) in [6.07, 6.45) is 7.44. The lowest BCUT2D eigenvalue weighted by Crippen LogP contribution is -2.24. The van der Waals surface area contributed by atoms with E-state index in [9.17, 15) is 14.9 Å². The molecule has 94 valence electrons. The first-order chi connectivity index (χ1) is 8.65. The number of carbonyl (C=O) groups excluding carboxylic acids is 1. The van der Waals surface area contributed by atoms with E-state index in [0.29, 0.717) is 18.5 Å². The average molecular weight is 246 g/mol. The maximum atomic E-state index is 11.7. The lowest BCUT2D eigenvalue weighted by atomic mass is 10.2. The summed E-state index contributed by atoms with van der Waals surface area (Å²) in [5, 5.41) is 13.3. The van der Waals surface area contributed by atoms with Crippen molar-refractivity contribution in [1.29, 1.82) is 0 Å². The third kappa shape index (κ3) is 4.26. The van der Waals surface area contributed by atoms with Gasteiger partial charge in [-0.1, -0.05) is 6.07 Å². The van der Waals surface area contributed by atoms with Crippen molar-refractivity contribution in [2.45, 2.75) is 19.3 Å². The predicted molar refractivity (Wildman–Crippen MR) is 68.1 cm³/mol. The number of unbranched alkanes of at least 4 members (excludes halogenated alkanes) is 2. The van der Waals surface area contributed by atoms with Crippen molar-refractivity contribution in [3.05, 3.63) is 39.9 Å². The van der Waals surface area contributed by atoms with Crippen LogP contribution >= 0.6 is 0 Å². The quantitative estimate of drug-likeness (QED) is 0.361. The van der Waals surface area contributed by atoms with Crippen molar-refractivity contribution >= 4 is 11.6 Å². The molecule has 1 N–H and O–H groups in total. The minimum Gasteiger partial charge on any atom is -0.352 e. The van der Waals surface area contributed by atoms with Gasteiger partial charge in [0.05, 0.1) is 4.92 Å². The molecular formula is C13H14N2O3. The SMILES string of the molecule is C#CCCCCNC(=O)c1cccc([N+](=O)[O-])c1. The first kappa shape index (κ1) is 13.7. The van der Waals surface area contributed by atoms with E-state index < -0.39 is 4.92 Å². The summed E-state index contributed by atoms with van der Waals surface area (Å²) in [7, 11) is 0. The fourth-order valence-electron chi connectivity index (χ4n) is 1.42. The molecule has 0 aliphatic rings. The van der Waals surface area contributed by atoms with Crippen LogP contribution in [0, 0.1) is 22.5 Å². The van der Waals surface area contributed by atoms with Crippen LogP contribution in [0.2, 0.25) is 0 Å². The topological polar surface area (TPSA) is 72.2 Å². The number of amides is 1. The smallest absolute Gasteiger partial charge is 0.270 e. The summed E-state index contributed by atoms with van der Waals surface area (Å²) in [6.45, 7) is 0.517. The van der Waals surface area contributed by atoms with Crippen LogP contribution in [0.25, 0.3) is 0 Å². The number of nitrogens with one attached hydrogen (secondary N) is 1. The van der Waals surface area contributed by atoms with Crippen molar-refractivity contribution in [1.82, 2.24) is 5.32 Å². The molecular weight excluding hydrogens is 232 g/mol. The third-order valence-corrected chi connectivity index (χ3v) is 2.35. The Kier molecular flexibility index (Phi) is 5.39. The molecule has 5 nitrogen and oxygen atoms in total. The number of nitro benzene ring substituents is 1. The van der Waals surface area contributed by atoms with Gasteiger partial charge in [0.2, 0.25) is 0 Å². The van der Waals surface area contributed by atoms with E-state index in [4.69, 9.17) is 6.42 Å². The fraction of sp³-hybridized carbons (Fsp3) is 0.308. The Morgan fingerprint density at radius 3 is 2.89 bits per heavy atom. The van der Waals surface area contributed by atoms with E-state index in [2.05, 4.69) is 11.2 Å².